The van der Waals surface area contributed by atoms with Crippen LogP contribution in [0.1, 0.15) is 21.7 Å². The second kappa shape index (κ2) is 11.7. The number of rotatable bonds is 9. The number of thiophene rings is 1. The fraction of sp³-hybridized carbons (Fsp3) is 0.364. The van der Waals surface area contributed by atoms with Gasteiger partial charge in [0.2, 0.25) is 5.82 Å². The summed E-state index contributed by atoms with van der Waals surface area (Å²) in [5.41, 5.74) is 1.03. The van der Waals surface area contributed by atoms with Crippen molar-refractivity contribution in [3.63, 3.8) is 0 Å². The Hall–Kier alpha value is -2.87. The van der Waals surface area contributed by atoms with Gasteiger partial charge in [-0.3, -0.25) is 14.4 Å². The Morgan fingerprint density at radius 3 is 2.89 bits per heavy atom. The molecule has 4 rings (SSSR count). The molecule has 1 fully saturated rings. The van der Waals surface area contributed by atoms with Crippen LogP contribution >= 0.6 is 22.9 Å². The van der Waals surface area contributed by atoms with Crippen LogP contribution in [0.4, 0.5) is 0 Å². The van der Waals surface area contributed by atoms with E-state index in [2.05, 4.69) is 20.6 Å². The highest BCUT2D eigenvalue weighted by Gasteiger charge is 2.27. The van der Waals surface area contributed by atoms with Gasteiger partial charge in [0, 0.05) is 17.1 Å². The lowest BCUT2D eigenvalue weighted by Gasteiger charge is -2.28. The number of benzene rings is 1. The summed E-state index contributed by atoms with van der Waals surface area (Å²) in [7, 11) is 0. The first kappa shape index (κ1) is 25.2. The van der Waals surface area contributed by atoms with Crippen molar-refractivity contribution < 1.29 is 28.9 Å². The van der Waals surface area contributed by atoms with Crippen LogP contribution in [0, 0.1) is 0 Å². The molecule has 2 amide bonds. The SMILES string of the molecule is O=C(NCc1cccc(Cl)c1)c1nc2scc(COCC3COC(C(=O)NCO)CO3)c2c(=O)[nH]1. The lowest BCUT2D eigenvalue weighted by Crippen LogP contribution is -2.46. The van der Waals surface area contributed by atoms with E-state index in [-0.39, 0.29) is 44.9 Å². The maximum Gasteiger partial charge on any atom is 0.287 e. The number of aromatic amines is 1. The standard InChI is InChI=1S/C22H23ClN4O7S/c23-14-3-1-2-12(4-14)5-24-21(31)18-26-20(30)17-13(10-35-22(17)27-18)6-32-7-15-8-34-16(9-33-15)19(29)25-11-28/h1-4,10,15-16,28H,5-9,11H2,(H,24,31)(H,25,29)(H,26,27,30). The molecule has 1 aliphatic heterocycles. The van der Waals surface area contributed by atoms with Crippen molar-refractivity contribution in [3.05, 3.63) is 62.0 Å². The summed E-state index contributed by atoms with van der Waals surface area (Å²) in [6.07, 6.45) is -1.15. The predicted molar refractivity (Wildman–Crippen MR) is 127 cm³/mol. The summed E-state index contributed by atoms with van der Waals surface area (Å²) in [4.78, 5) is 44.1. The van der Waals surface area contributed by atoms with Crippen LogP contribution in [-0.4, -0.2) is 65.6 Å². The molecule has 0 bridgehead atoms. The zero-order chi connectivity index (χ0) is 24.8. The van der Waals surface area contributed by atoms with Crippen LogP contribution in [0.3, 0.4) is 0 Å². The Bertz CT molecular complexity index is 1260. The van der Waals surface area contributed by atoms with E-state index in [1.54, 1.807) is 23.6 Å². The van der Waals surface area contributed by atoms with Gasteiger partial charge >= 0.3 is 0 Å². The molecule has 1 aliphatic rings. The predicted octanol–water partition coefficient (Wildman–Crippen LogP) is 0.935. The number of carbonyl (C=O) groups is 2. The van der Waals surface area contributed by atoms with E-state index in [0.717, 1.165) is 5.56 Å². The summed E-state index contributed by atoms with van der Waals surface area (Å²) in [5.74, 6) is -1.03. The van der Waals surface area contributed by atoms with E-state index < -0.39 is 30.2 Å². The van der Waals surface area contributed by atoms with Gasteiger partial charge in [0.25, 0.3) is 17.4 Å². The number of hydrogen-bond acceptors (Lipinski definition) is 9. The summed E-state index contributed by atoms with van der Waals surface area (Å²) < 4.78 is 16.7. The van der Waals surface area contributed by atoms with E-state index in [1.165, 1.54) is 11.3 Å². The van der Waals surface area contributed by atoms with Crippen LogP contribution in [0.2, 0.25) is 5.02 Å². The molecular weight excluding hydrogens is 500 g/mol. The van der Waals surface area contributed by atoms with E-state index >= 15 is 0 Å². The average Bonchev–Trinajstić information content (AvgIpc) is 3.26. The van der Waals surface area contributed by atoms with Crippen molar-refractivity contribution in [2.24, 2.45) is 0 Å². The molecule has 4 N–H and O–H groups in total. The van der Waals surface area contributed by atoms with Crippen molar-refractivity contribution in [1.82, 2.24) is 20.6 Å². The molecule has 2 unspecified atom stereocenters. The summed E-state index contributed by atoms with van der Waals surface area (Å²) >= 11 is 7.20. The molecule has 35 heavy (non-hydrogen) atoms. The molecule has 0 saturated carbocycles. The molecule has 1 saturated heterocycles. The number of hydrogen-bond donors (Lipinski definition) is 4. The van der Waals surface area contributed by atoms with Gasteiger partial charge in [-0.1, -0.05) is 23.7 Å². The molecule has 0 aliphatic carbocycles. The van der Waals surface area contributed by atoms with Crippen molar-refractivity contribution in [2.75, 3.05) is 26.6 Å². The fourth-order valence-corrected chi connectivity index (χ4v) is 4.55. The van der Waals surface area contributed by atoms with Crippen LogP contribution in [0.15, 0.2) is 34.4 Å². The Labute approximate surface area is 208 Å². The minimum atomic E-state index is -0.777. The topological polar surface area (TPSA) is 152 Å². The molecule has 11 nitrogen and oxygen atoms in total. The molecule has 1 aromatic carbocycles. The lowest BCUT2D eigenvalue weighted by molar-refractivity contribution is -0.169. The van der Waals surface area contributed by atoms with Gasteiger partial charge < -0.3 is 34.9 Å². The van der Waals surface area contributed by atoms with Gasteiger partial charge in [0.05, 0.1) is 31.8 Å². The molecule has 3 heterocycles. The number of nitrogens with one attached hydrogen (secondary N) is 3. The van der Waals surface area contributed by atoms with Crippen molar-refractivity contribution in [3.8, 4) is 0 Å². The van der Waals surface area contributed by atoms with Crippen molar-refractivity contribution in [1.29, 1.82) is 0 Å². The van der Waals surface area contributed by atoms with E-state index in [9.17, 15) is 14.4 Å². The third-order valence-electron chi connectivity index (χ3n) is 5.15. The van der Waals surface area contributed by atoms with Gasteiger partial charge in [-0.15, -0.1) is 11.3 Å². The second-order valence-electron chi connectivity index (χ2n) is 7.66. The number of aliphatic hydroxyl groups excluding tert-OH is 1. The van der Waals surface area contributed by atoms with Crippen LogP contribution < -0.4 is 16.2 Å². The molecule has 2 atom stereocenters. The van der Waals surface area contributed by atoms with E-state index in [0.29, 0.717) is 20.8 Å². The zero-order valence-corrected chi connectivity index (χ0v) is 20.0. The van der Waals surface area contributed by atoms with Crippen LogP contribution in [0.25, 0.3) is 10.2 Å². The first-order valence-electron chi connectivity index (χ1n) is 10.7. The zero-order valence-electron chi connectivity index (χ0n) is 18.4. The maximum atomic E-state index is 12.7. The molecule has 186 valence electrons. The lowest BCUT2D eigenvalue weighted by atomic mass is 10.2. The number of nitrogens with zero attached hydrogens (tertiary/aromatic N) is 1. The summed E-state index contributed by atoms with van der Waals surface area (Å²) in [6.45, 7) is 0.310. The number of halogens is 1. The van der Waals surface area contributed by atoms with Gasteiger partial charge in [-0.25, -0.2) is 4.98 Å². The van der Waals surface area contributed by atoms with Gasteiger partial charge in [0.1, 0.15) is 17.7 Å². The summed E-state index contributed by atoms with van der Waals surface area (Å²) in [6, 6.07) is 7.09. The number of amides is 2. The number of aromatic nitrogens is 2. The van der Waals surface area contributed by atoms with Crippen LogP contribution in [-0.2, 0) is 32.2 Å². The summed E-state index contributed by atoms with van der Waals surface area (Å²) in [5, 5.41) is 16.4. The third kappa shape index (κ3) is 6.42. The minimum Gasteiger partial charge on any atom is -0.376 e. The fourth-order valence-electron chi connectivity index (χ4n) is 3.42. The highest BCUT2D eigenvalue weighted by Crippen LogP contribution is 2.22. The maximum absolute atomic E-state index is 12.7. The molecular formula is C22H23ClN4O7S. The van der Waals surface area contributed by atoms with E-state index in [1.807, 2.05) is 6.07 Å². The van der Waals surface area contributed by atoms with E-state index in [4.69, 9.17) is 30.9 Å². The number of fused-ring (bicyclic) bond motifs is 1. The molecule has 2 aromatic heterocycles. The second-order valence-corrected chi connectivity index (χ2v) is 8.95. The van der Waals surface area contributed by atoms with Crippen molar-refractivity contribution >= 4 is 45.0 Å². The molecule has 13 heteroatoms. The monoisotopic (exact) mass is 522 g/mol. The van der Waals surface area contributed by atoms with Gasteiger partial charge in [-0.2, -0.15) is 0 Å². The Balaban J connectivity index is 1.31. The smallest absolute Gasteiger partial charge is 0.287 e. The molecule has 3 aromatic rings. The Kier molecular flexibility index (Phi) is 8.44. The number of ether oxygens (including phenoxy) is 3. The Morgan fingerprint density at radius 2 is 2.14 bits per heavy atom. The highest BCUT2D eigenvalue weighted by atomic mass is 35.5. The van der Waals surface area contributed by atoms with Crippen molar-refractivity contribution in [2.45, 2.75) is 25.4 Å². The number of H-pyrrole nitrogens is 1. The van der Waals surface area contributed by atoms with Gasteiger partial charge in [0.15, 0.2) is 6.10 Å². The first-order valence-corrected chi connectivity index (χ1v) is 11.9. The number of carbonyl (C=O) groups excluding carboxylic acids is 2. The third-order valence-corrected chi connectivity index (χ3v) is 6.31. The highest BCUT2D eigenvalue weighted by molar-refractivity contribution is 7.16. The largest absolute Gasteiger partial charge is 0.376 e. The average molecular weight is 523 g/mol. The minimum absolute atomic E-state index is 0.0486. The molecule has 0 radical (unpaired) electrons. The molecule has 0 spiro atoms. The Morgan fingerprint density at radius 1 is 1.29 bits per heavy atom. The first-order chi connectivity index (χ1) is 16.9. The van der Waals surface area contributed by atoms with Crippen LogP contribution in [0.5, 0.6) is 0 Å². The van der Waals surface area contributed by atoms with Gasteiger partial charge in [-0.05, 0) is 23.1 Å². The number of aliphatic hydroxyl groups is 1. The quantitative estimate of drug-likeness (QED) is 0.303. The normalized spacial score (nSPS) is 17.9.